The Morgan fingerprint density at radius 1 is 1.32 bits per heavy atom. The normalized spacial score (nSPS) is 13.0. The molecule has 0 aliphatic heterocycles. The summed E-state index contributed by atoms with van der Waals surface area (Å²) < 4.78 is 5.33. The van der Waals surface area contributed by atoms with Gasteiger partial charge in [0.2, 0.25) is 0 Å². The molecule has 0 radical (unpaired) electrons. The van der Waals surface area contributed by atoms with Gasteiger partial charge in [0.05, 0.1) is 6.04 Å². The molecule has 1 aromatic rings. The lowest BCUT2D eigenvalue weighted by Gasteiger charge is -2.26. The summed E-state index contributed by atoms with van der Waals surface area (Å²) in [6.45, 7) is 11.0. The molecule has 1 unspecified atom stereocenters. The highest BCUT2D eigenvalue weighted by atomic mass is 127. The first kappa shape index (κ1) is 24.0. The molecule has 1 rings (SSSR count). The topological polar surface area (TPSA) is 74.8 Å². The average Bonchev–Trinajstić information content (AvgIpc) is 2.97. The van der Waals surface area contributed by atoms with Gasteiger partial charge < -0.3 is 20.7 Å². The summed E-state index contributed by atoms with van der Waals surface area (Å²) >= 11 is 1.67. The molecule has 1 atom stereocenters. The number of nitrogens with zero attached hydrogens (tertiary/aromatic N) is 1. The first-order chi connectivity index (χ1) is 11.2. The highest BCUT2D eigenvalue weighted by Gasteiger charge is 2.21. The number of carbonyl (C=O) groups excluding carboxylic acids is 1. The Labute approximate surface area is 172 Å². The number of aliphatic imine (C=N–C) groups is 1. The first-order valence-corrected chi connectivity index (χ1v) is 9.10. The molecule has 1 aromatic heterocycles. The quantitative estimate of drug-likeness (QED) is 0.329. The van der Waals surface area contributed by atoms with Crippen molar-refractivity contribution in [2.45, 2.75) is 52.8 Å². The van der Waals surface area contributed by atoms with Crippen molar-refractivity contribution in [1.82, 2.24) is 16.0 Å². The van der Waals surface area contributed by atoms with Gasteiger partial charge in [0, 0.05) is 20.1 Å². The van der Waals surface area contributed by atoms with E-state index < -0.39 is 11.7 Å². The molecule has 8 heteroatoms. The molecule has 3 N–H and O–H groups in total. The number of amides is 1. The van der Waals surface area contributed by atoms with Gasteiger partial charge in [0.25, 0.3) is 0 Å². The van der Waals surface area contributed by atoms with E-state index in [-0.39, 0.29) is 35.9 Å². The molecule has 1 amide bonds. The van der Waals surface area contributed by atoms with E-state index in [0.717, 1.165) is 6.54 Å². The molecule has 25 heavy (non-hydrogen) atoms. The number of nitrogens with one attached hydrogen (secondary N) is 3. The van der Waals surface area contributed by atoms with Crippen LogP contribution in [0.15, 0.2) is 21.8 Å². The predicted molar refractivity (Wildman–Crippen MR) is 116 cm³/mol. The maximum absolute atomic E-state index is 12.0. The minimum atomic E-state index is -0.503. The van der Waals surface area contributed by atoms with Crippen molar-refractivity contribution in [3.05, 3.63) is 22.4 Å². The Morgan fingerprint density at radius 3 is 2.48 bits per heavy atom. The number of ether oxygens (including phenoxy) is 1. The van der Waals surface area contributed by atoms with Crippen molar-refractivity contribution < 1.29 is 9.53 Å². The van der Waals surface area contributed by atoms with Crippen LogP contribution < -0.4 is 16.0 Å². The Balaban J connectivity index is 0.00000576. The van der Waals surface area contributed by atoms with E-state index in [9.17, 15) is 4.79 Å². The summed E-state index contributed by atoms with van der Waals surface area (Å²) in [6.07, 6.45) is -0.399. The van der Waals surface area contributed by atoms with Gasteiger partial charge in [-0.25, -0.2) is 4.79 Å². The number of hydrogen-bond donors (Lipinski definition) is 3. The second kappa shape index (κ2) is 11.6. The van der Waals surface area contributed by atoms with Gasteiger partial charge in [0.15, 0.2) is 5.96 Å². The Hall–Kier alpha value is -1.03. The van der Waals surface area contributed by atoms with E-state index >= 15 is 0 Å². The van der Waals surface area contributed by atoms with Crippen LogP contribution >= 0.6 is 35.3 Å². The third kappa shape index (κ3) is 10.5. The van der Waals surface area contributed by atoms with Crippen molar-refractivity contribution in [3.63, 3.8) is 0 Å². The van der Waals surface area contributed by atoms with E-state index in [2.05, 4.69) is 46.2 Å². The van der Waals surface area contributed by atoms with Gasteiger partial charge in [-0.3, -0.25) is 4.99 Å². The SMILES string of the molecule is CN=C(NCc1ccsc1)NCC(NC(=O)OC(C)(C)C)C(C)C.I. The minimum Gasteiger partial charge on any atom is -0.444 e. The zero-order valence-corrected chi connectivity index (χ0v) is 19.0. The zero-order valence-electron chi connectivity index (χ0n) is 15.9. The van der Waals surface area contributed by atoms with Crippen LogP contribution in [-0.4, -0.2) is 37.3 Å². The summed E-state index contributed by atoms with van der Waals surface area (Å²) in [5.41, 5.74) is 0.715. The minimum absolute atomic E-state index is 0. The van der Waals surface area contributed by atoms with Crippen molar-refractivity contribution in [2.75, 3.05) is 13.6 Å². The van der Waals surface area contributed by atoms with E-state index in [1.807, 2.05) is 26.2 Å². The molecule has 0 saturated carbocycles. The molecule has 0 spiro atoms. The van der Waals surface area contributed by atoms with Crippen molar-refractivity contribution in [1.29, 1.82) is 0 Å². The molecule has 6 nitrogen and oxygen atoms in total. The largest absolute Gasteiger partial charge is 0.444 e. The van der Waals surface area contributed by atoms with E-state index in [0.29, 0.717) is 12.5 Å². The van der Waals surface area contributed by atoms with Crippen LogP contribution in [0.2, 0.25) is 0 Å². The fraction of sp³-hybridized carbons (Fsp3) is 0.647. The molecular formula is C17H31IN4O2S. The predicted octanol–water partition coefficient (Wildman–Crippen LogP) is 3.58. The molecular weight excluding hydrogens is 451 g/mol. The van der Waals surface area contributed by atoms with Gasteiger partial charge in [-0.2, -0.15) is 11.3 Å². The molecule has 0 saturated heterocycles. The second-order valence-electron chi connectivity index (χ2n) is 6.94. The number of halogens is 1. The second-order valence-corrected chi connectivity index (χ2v) is 7.72. The fourth-order valence-corrected chi connectivity index (χ4v) is 2.59. The summed E-state index contributed by atoms with van der Waals surface area (Å²) in [5.74, 6) is 0.970. The van der Waals surface area contributed by atoms with Crippen LogP contribution in [0.1, 0.15) is 40.2 Å². The standard InChI is InChI=1S/C17H30N4O2S.HI/c1-12(2)14(21-16(22)23-17(3,4)5)10-20-15(18-6)19-9-13-7-8-24-11-13;/h7-8,11-12,14H,9-10H2,1-6H3,(H,21,22)(H2,18,19,20);1H. The van der Waals surface area contributed by atoms with Crippen molar-refractivity contribution >= 4 is 47.4 Å². The third-order valence-electron chi connectivity index (χ3n) is 3.26. The summed E-state index contributed by atoms with van der Waals surface area (Å²) in [4.78, 5) is 16.2. The molecule has 1 heterocycles. The van der Waals surface area contributed by atoms with E-state index in [4.69, 9.17) is 4.74 Å². The molecule has 0 bridgehead atoms. The maximum Gasteiger partial charge on any atom is 0.407 e. The molecule has 0 fully saturated rings. The smallest absolute Gasteiger partial charge is 0.407 e. The highest BCUT2D eigenvalue weighted by Crippen LogP contribution is 2.08. The lowest BCUT2D eigenvalue weighted by molar-refractivity contribution is 0.0491. The van der Waals surface area contributed by atoms with E-state index in [1.54, 1.807) is 18.4 Å². The zero-order chi connectivity index (χ0) is 18.2. The number of thiophene rings is 1. The first-order valence-electron chi connectivity index (χ1n) is 8.16. The van der Waals surface area contributed by atoms with Crippen LogP contribution in [0.5, 0.6) is 0 Å². The lowest BCUT2D eigenvalue weighted by Crippen LogP contribution is -2.50. The fourth-order valence-electron chi connectivity index (χ4n) is 1.92. The summed E-state index contributed by atoms with van der Waals surface area (Å²) in [5, 5.41) is 13.6. The molecule has 0 aliphatic rings. The lowest BCUT2D eigenvalue weighted by atomic mass is 10.0. The van der Waals surface area contributed by atoms with Crippen molar-refractivity contribution in [2.24, 2.45) is 10.9 Å². The van der Waals surface area contributed by atoms with Crippen LogP contribution in [0.3, 0.4) is 0 Å². The average molecular weight is 482 g/mol. The van der Waals surface area contributed by atoms with Gasteiger partial charge >= 0.3 is 6.09 Å². The Bertz CT molecular complexity index is 527. The van der Waals surface area contributed by atoms with Crippen LogP contribution in [0, 0.1) is 5.92 Å². The van der Waals surface area contributed by atoms with Crippen LogP contribution in [0.4, 0.5) is 4.79 Å². The number of guanidine groups is 1. The van der Waals surface area contributed by atoms with Gasteiger partial charge in [0.1, 0.15) is 5.60 Å². The van der Waals surface area contributed by atoms with Crippen LogP contribution in [-0.2, 0) is 11.3 Å². The third-order valence-corrected chi connectivity index (χ3v) is 3.99. The number of alkyl carbamates (subject to hydrolysis) is 1. The Kier molecular flexibility index (Phi) is 11.1. The number of rotatable bonds is 6. The maximum atomic E-state index is 12.0. The number of carbonyl (C=O) groups is 1. The summed E-state index contributed by atoms with van der Waals surface area (Å²) in [7, 11) is 1.73. The van der Waals surface area contributed by atoms with E-state index in [1.165, 1.54) is 5.56 Å². The Morgan fingerprint density at radius 2 is 2.00 bits per heavy atom. The number of hydrogen-bond acceptors (Lipinski definition) is 4. The molecule has 0 aliphatic carbocycles. The molecule has 0 aromatic carbocycles. The monoisotopic (exact) mass is 482 g/mol. The van der Waals surface area contributed by atoms with Gasteiger partial charge in [-0.15, -0.1) is 24.0 Å². The summed E-state index contributed by atoms with van der Waals surface area (Å²) in [6, 6.07) is 2.02. The van der Waals surface area contributed by atoms with Gasteiger partial charge in [-0.05, 0) is 49.1 Å². The van der Waals surface area contributed by atoms with Gasteiger partial charge in [-0.1, -0.05) is 13.8 Å². The van der Waals surface area contributed by atoms with Crippen LogP contribution in [0.25, 0.3) is 0 Å². The molecule has 144 valence electrons. The van der Waals surface area contributed by atoms with Crippen molar-refractivity contribution in [3.8, 4) is 0 Å². The highest BCUT2D eigenvalue weighted by molar-refractivity contribution is 14.0.